The normalized spacial score (nSPS) is 20.1. The first kappa shape index (κ1) is 78.1. The fourth-order valence-corrected chi connectivity index (χ4v) is 9.20. The monoisotopic (exact) mass is 1310 g/mol. The zero-order valence-electron chi connectivity index (χ0n) is 52.2. The summed E-state index contributed by atoms with van der Waals surface area (Å²) in [5, 5.41) is 36.8. The minimum absolute atomic E-state index is 0.00284. The fraction of sp³-hybridized carbons (Fsp3) is 0.557. The van der Waals surface area contributed by atoms with E-state index in [1.807, 2.05) is 44.2 Å². The molecule has 5 rings (SSSR count). The largest absolute Gasteiger partial charge is 0.497 e. The Hall–Kier alpha value is -6.90. The molecule has 0 aromatic heterocycles. The van der Waals surface area contributed by atoms with Crippen molar-refractivity contribution >= 4 is 93.2 Å². The molecule has 87 heavy (non-hydrogen) atoms. The summed E-state index contributed by atoms with van der Waals surface area (Å²) in [6.45, 7) is 14.1. The van der Waals surface area contributed by atoms with Crippen LogP contribution in [0.1, 0.15) is 121 Å². The number of carbonyl (C=O) groups excluding carboxylic acids is 8. The van der Waals surface area contributed by atoms with Crippen molar-refractivity contribution in [2.24, 2.45) is 11.7 Å². The van der Waals surface area contributed by atoms with E-state index in [1.165, 1.54) is 52.7 Å². The number of alkyl halides is 1. The Labute approximate surface area is 525 Å². The molecule has 2 saturated heterocycles. The van der Waals surface area contributed by atoms with E-state index in [0.29, 0.717) is 78.3 Å². The number of carboxylic acids is 1. The summed E-state index contributed by atoms with van der Waals surface area (Å²) in [6.07, 6.45) is 13.0. The quantitative estimate of drug-likeness (QED) is 0.0192. The summed E-state index contributed by atoms with van der Waals surface area (Å²) >= 11 is 9.74. The lowest BCUT2D eigenvalue weighted by Crippen LogP contribution is -2.56. The molecule has 5 unspecified atom stereocenters. The topological polar surface area (TPSA) is 339 Å². The molecule has 2 aromatic rings. The third-order valence-electron chi connectivity index (χ3n) is 13.5. The molecule has 3 aliphatic rings. The average molecular weight is 1310 g/mol. The Morgan fingerprint density at radius 2 is 1.75 bits per heavy atom. The van der Waals surface area contributed by atoms with Crippen molar-refractivity contribution in [2.45, 2.75) is 148 Å². The van der Waals surface area contributed by atoms with Gasteiger partial charge in [-0.3, -0.25) is 34.1 Å². The van der Waals surface area contributed by atoms with Gasteiger partial charge in [0.25, 0.3) is 5.91 Å². The van der Waals surface area contributed by atoms with Crippen molar-refractivity contribution in [1.29, 1.82) is 0 Å². The number of carbonyl (C=O) groups is 9. The molecule has 486 valence electrons. The van der Waals surface area contributed by atoms with Crippen LogP contribution >= 0.6 is 27.5 Å². The van der Waals surface area contributed by atoms with Crippen molar-refractivity contribution in [3.05, 3.63) is 82.4 Å². The van der Waals surface area contributed by atoms with Gasteiger partial charge in [0.2, 0.25) is 30.0 Å². The number of nitrogens with zero attached hydrogens (tertiary/aromatic N) is 2. The highest BCUT2D eigenvalue weighted by atomic mass is 79.9. The molecule has 26 heteroatoms. The van der Waals surface area contributed by atoms with Crippen molar-refractivity contribution in [1.82, 2.24) is 31.5 Å². The summed E-state index contributed by atoms with van der Waals surface area (Å²) in [6, 6.07) is 6.12. The van der Waals surface area contributed by atoms with Crippen LogP contribution in [0.5, 0.6) is 11.5 Å². The highest BCUT2D eigenvalue weighted by Gasteiger charge is 2.48. The zero-order chi connectivity index (χ0) is 65.8. The molecule has 24 nitrogen and oxygen atoms in total. The number of nitrogens with two attached hydrogens (primary N) is 1. The summed E-state index contributed by atoms with van der Waals surface area (Å²) in [5.41, 5.74) is 6.44. The molecule has 0 radical (unpaired) electrons. The van der Waals surface area contributed by atoms with Gasteiger partial charge in [-0.1, -0.05) is 91.5 Å². The number of methoxy groups -OCH3 is 2. The van der Waals surface area contributed by atoms with Crippen molar-refractivity contribution < 1.29 is 72.3 Å². The number of rotatable bonds is 23. The first-order chi connectivity index (χ1) is 41.4. The second-order valence-electron chi connectivity index (χ2n) is 20.8. The van der Waals surface area contributed by atoms with E-state index in [1.54, 1.807) is 26.1 Å². The van der Waals surface area contributed by atoms with Crippen LogP contribution in [-0.4, -0.2) is 173 Å². The number of unbranched alkanes of at least 4 members (excludes halogenated alkanes) is 3. The molecule has 0 spiro atoms. The Kier molecular flexibility index (Phi) is 37.8. The lowest BCUT2D eigenvalue weighted by Gasteiger charge is -2.36. The minimum atomic E-state index is -1.38. The van der Waals surface area contributed by atoms with E-state index >= 15 is 0 Å². The number of fused-ring (bicyclic) bond motifs is 5. The average Bonchev–Trinajstić information content (AvgIpc) is 2.01. The van der Waals surface area contributed by atoms with Gasteiger partial charge in [-0.05, 0) is 95.8 Å². The van der Waals surface area contributed by atoms with E-state index in [2.05, 4.69) is 74.0 Å². The van der Waals surface area contributed by atoms with Crippen LogP contribution in [0.25, 0.3) is 0 Å². The van der Waals surface area contributed by atoms with Gasteiger partial charge in [-0.15, -0.1) is 0 Å². The second kappa shape index (κ2) is 42.1. The number of likely N-dealkylation sites (N-methyl/N-ethyl adjacent to an activating group) is 2. The number of aldehydes is 1. The van der Waals surface area contributed by atoms with E-state index < -0.39 is 53.7 Å². The maximum absolute atomic E-state index is 13.1. The number of halogens is 2. The number of allylic oxidation sites excluding steroid dienone is 3. The molecule has 2 aromatic carbocycles. The summed E-state index contributed by atoms with van der Waals surface area (Å²) in [4.78, 5) is 109. The van der Waals surface area contributed by atoms with E-state index in [0.717, 1.165) is 41.6 Å². The lowest BCUT2D eigenvalue weighted by molar-refractivity contribution is -0.141. The van der Waals surface area contributed by atoms with E-state index in [9.17, 15) is 53.4 Å². The first-order valence-corrected chi connectivity index (χ1v) is 30.3. The highest BCUT2D eigenvalue weighted by molar-refractivity contribution is 9.09. The summed E-state index contributed by atoms with van der Waals surface area (Å²) < 4.78 is 21.9. The lowest BCUT2D eigenvalue weighted by atomic mass is 9.93. The van der Waals surface area contributed by atoms with Gasteiger partial charge in [-0.25, -0.2) is 9.59 Å². The molecule has 10 N–H and O–H groups in total. The number of hydrogen-bond donors (Lipinski definition) is 9. The second-order valence-corrected chi connectivity index (χ2v) is 21.7. The zero-order valence-corrected chi connectivity index (χ0v) is 54.5. The molecular weight excluding hydrogens is 1210 g/mol. The molecule has 3 aliphatic heterocycles. The van der Waals surface area contributed by atoms with Gasteiger partial charge in [0.15, 0.2) is 0 Å². The highest BCUT2D eigenvalue weighted by Crippen LogP contribution is 2.40. The summed E-state index contributed by atoms with van der Waals surface area (Å²) in [7, 11) is 9.12. The van der Waals surface area contributed by atoms with Crippen LogP contribution in [0.2, 0.25) is 5.02 Å². The Balaban J connectivity index is 0.000000677. The smallest absolute Gasteiger partial charge is 0.409 e. The minimum Gasteiger partial charge on any atom is -0.497 e. The van der Waals surface area contributed by atoms with Gasteiger partial charge in [0, 0.05) is 76.3 Å². The molecule has 0 saturated carbocycles. The van der Waals surface area contributed by atoms with Crippen molar-refractivity contribution in [3.63, 3.8) is 0 Å². The number of anilines is 2. The number of aliphatic carboxylic acids is 1. The Morgan fingerprint density at radius 3 is 2.36 bits per heavy atom. The number of ether oxygens (including phenoxy) is 4. The van der Waals surface area contributed by atoms with Gasteiger partial charge in [-0.2, -0.15) is 0 Å². The number of amides is 7. The number of nitrogens with one attached hydrogen (secondary N) is 6. The van der Waals surface area contributed by atoms with Crippen LogP contribution in [0.15, 0.2) is 66.3 Å². The molecule has 4 bridgehead atoms. The number of carboxylic acid groups (broad SMARTS) is 1. The third-order valence-corrected chi connectivity index (χ3v) is 14.5. The van der Waals surface area contributed by atoms with Crippen LogP contribution in [0, 0.1) is 5.92 Å². The number of alkyl carbamates (subject to hydrolysis) is 1. The van der Waals surface area contributed by atoms with E-state index in [-0.39, 0.29) is 73.4 Å². The maximum Gasteiger partial charge on any atom is 0.409 e. The van der Waals surface area contributed by atoms with Crippen molar-refractivity contribution in [2.75, 3.05) is 77.6 Å². The molecule has 7 amide bonds. The number of hydrogen-bond acceptors (Lipinski definition) is 16. The molecular formula is C61H93BrClN9O15. The van der Waals surface area contributed by atoms with E-state index in [4.69, 9.17) is 30.5 Å². The molecule has 7 atom stereocenters. The first-order valence-electron chi connectivity index (χ1n) is 28.8. The molecule has 2 fully saturated rings. The summed E-state index contributed by atoms with van der Waals surface area (Å²) in [5.74, 6) is -2.13. The number of epoxide rings is 1. The molecule has 3 heterocycles. The van der Waals surface area contributed by atoms with Gasteiger partial charge >= 0.3 is 12.1 Å². The molecule has 0 aliphatic carbocycles. The maximum atomic E-state index is 13.1. The number of aliphatic hydroxyl groups is 1. The van der Waals surface area contributed by atoms with Crippen LogP contribution in [-0.2, 0) is 49.5 Å². The standard InChI is InChI=1S/C26H33ClN2O6.C21H31N5O7.C10H16BrNO2.C3H8.CH5N/c1-15-7-5-6-8-26(32)14-18(34-25(31)28-26)13-21-24(35-21)16(2)10-22(30)29(3)19-11-17(9-15)12-20(33-4)23(19)27;1-13(21(31)32)26(3)20(30)15-8-7-14(33-4)10-17(15)25-19(29)16(6-5-9-23-12-27)24-18(28)11-22-2;1-9(8-11)10(14)12-6-4-2-3-5-7-13;1-3-2;1-2/h5-7,11-12,16,18,21,24,32H,8-10,13-14H2,1-4H3,(H,28,31);7-8,10,12-13,16,22H,5-6,9,11H2,1-4H3,(H,23,27)(H,24,28)(H,25,29)(H,31,32);7H,1-6,8H2,(H,12,14);3H2,1-2H3;2H2,1H3/b6-5+,15-7+;;;;/t16?,18?,21?,24?,26-;13-,16?;;;/m10.../s1. The van der Waals surface area contributed by atoms with Crippen LogP contribution in [0.3, 0.4) is 0 Å². The van der Waals surface area contributed by atoms with Crippen LogP contribution < -0.4 is 52.0 Å². The predicted molar refractivity (Wildman–Crippen MR) is 339 cm³/mol. The Morgan fingerprint density at radius 1 is 1.06 bits per heavy atom. The van der Waals surface area contributed by atoms with Gasteiger partial charge in [0.1, 0.15) is 46.7 Å². The number of benzene rings is 2. The van der Waals surface area contributed by atoms with Crippen LogP contribution in [0.4, 0.5) is 16.2 Å². The van der Waals surface area contributed by atoms with Crippen molar-refractivity contribution in [3.8, 4) is 11.5 Å². The third kappa shape index (κ3) is 28.2. The Bertz CT molecular complexity index is 2640. The van der Waals surface area contributed by atoms with Gasteiger partial charge in [0.05, 0.1) is 49.9 Å². The fourth-order valence-electron chi connectivity index (χ4n) is 8.63. The van der Waals surface area contributed by atoms with Gasteiger partial charge < -0.3 is 76.1 Å². The predicted octanol–water partition coefficient (Wildman–Crippen LogP) is 6.34. The SMILES string of the molecule is C=C(CBr)C(=O)NCCCCCC=O.CCC.CN.CNCC(=O)NC(CCCNC=O)C(=O)Nc1cc(OC)ccc1C(=O)N(C)[C@@H](C)C(=O)O.COc1cc2cc(c1Cl)N(C)C(=O)CC(C)C1OC1CC1C[C@](O)(C/C=C/C=C(\C)C2)NC(=O)O1.